The third-order valence-electron chi connectivity index (χ3n) is 7.01. The van der Waals surface area contributed by atoms with Gasteiger partial charge in [-0.25, -0.2) is 0 Å². The van der Waals surface area contributed by atoms with E-state index >= 15 is 0 Å². The zero-order valence-corrected chi connectivity index (χ0v) is 18.6. The molecule has 1 aromatic rings. The van der Waals surface area contributed by atoms with Crippen molar-refractivity contribution in [2.75, 3.05) is 53.5 Å². The Hall–Kier alpha value is -1.79. The molecule has 6 nitrogen and oxygen atoms in total. The second-order valence-electron chi connectivity index (χ2n) is 9.30. The molecule has 3 heterocycles. The van der Waals surface area contributed by atoms with Crippen molar-refractivity contribution in [1.29, 1.82) is 0 Å². The number of fused-ring (bicyclic) bond motifs is 1. The first-order valence-electron chi connectivity index (χ1n) is 11.6. The molecule has 1 amide bonds. The Bertz CT molecular complexity index is 718. The summed E-state index contributed by atoms with van der Waals surface area (Å²) in [5.41, 5.74) is 1.28. The van der Waals surface area contributed by atoms with E-state index in [1.807, 2.05) is 18.0 Å². The molecule has 0 N–H and O–H groups in total. The van der Waals surface area contributed by atoms with Gasteiger partial charge < -0.3 is 19.3 Å². The lowest BCUT2D eigenvalue weighted by atomic mass is 9.92. The van der Waals surface area contributed by atoms with E-state index in [-0.39, 0.29) is 0 Å². The number of carbonyl (C=O) groups is 1. The lowest BCUT2D eigenvalue weighted by molar-refractivity contribution is -0.133. The number of benzene rings is 1. The van der Waals surface area contributed by atoms with Gasteiger partial charge in [-0.15, -0.1) is 0 Å². The maximum atomic E-state index is 12.7. The number of carbonyl (C=O) groups excluding carboxylic acids is 1. The van der Waals surface area contributed by atoms with Gasteiger partial charge in [0.1, 0.15) is 13.2 Å². The van der Waals surface area contributed by atoms with E-state index in [4.69, 9.17) is 9.47 Å². The monoisotopic (exact) mass is 415 g/mol. The van der Waals surface area contributed by atoms with Gasteiger partial charge in [-0.1, -0.05) is 6.07 Å². The molecule has 2 fully saturated rings. The highest BCUT2D eigenvalue weighted by Gasteiger charge is 2.26. The van der Waals surface area contributed by atoms with Crippen molar-refractivity contribution in [1.82, 2.24) is 14.7 Å². The Morgan fingerprint density at radius 3 is 2.67 bits per heavy atom. The van der Waals surface area contributed by atoms with Crippen molar-refractivity contribution in [2.45, 2.75) is 51.1 Å². The molecule has 3 aliphatic rings. The fourth-order valence-electron chi connectivity index (χ4n) is 5.06. The molecule has 0 bridgehead atoms. The Kier molecular flexibility index (Phi) is 7.16. The van der Waals surface area contributed by atoms with E-state index < -0.39 is 0 Å². The molecule has 0 aromatic heterocycles. The van der Waals surface area contributed by atoms with E-state index in [2.05, 4.69) is 29.0 Å². The second-order valence-corrected chi connectivity index (χ2v) is 9.30. The van der Waals surface area contributed by atoms with Crippen molar-refractivity contribution in [2.24, 2.45) is 5.92 Å². The lowest BCUT2D eigenvalue weighted by Crippen LogP contribution is -2.44. The summed E-state index contributed by atoms with van der Waals surface area (Å²) in [5, 5.41) is 0. The summed E-state index contributed by atoms with van der Waals surface area (Å²) in [4.78, 5) is 19.7. The Morgan fingerprint density at radius 2 is 1.87 bits per heavy atom. The largest absolute Gasteiger partial charge is 0.486 e. The molecule has 0 saturated carbocycles. The van der Waals surface area contributed by atoms with Crippen molar-refractivity contribution in [3.63, 3.8) is 0 Å². The van der Waals surface area contributed by atoms with Crippen LogP contribution >= 0.6 is 0 Å². The fourth-order valence-corrected chi connectivity index (χ4v) is 5.06. The van der Waals surface area contributed by atoms with Gasteiger partial charge in [-0.3, -0.25) is 9.69 Å². The second kappa shape index (κ2) is 10.0. The Balaban J connectivity index is 1.23. The number of rotatable bonds is 6. The summed E-state index contributed by atoms with van der Waals surface area (Å²) in [7, 11) is 4.17. The van der Waals surface area contributed by atoms with Crippen LogP contribution in [-0.4, -0.2) is 80.1 Å². The number of piperidine rings is 2. The fraction of sp³-hybridized carbons (Fsp3) is 0.708. The lowest BCUT2D eigenvalue weighted by Gasteiger charge is -2.36. The van der Waals surface area contributed by atoms with E-state index in [9.17, 15) is 4.79 Å². The van der Waals surface area contributed by atoms with Gasteiger partial charge in [0, 0.05) is 32.6 Å². The Labute approximate surface area is 181 Å². The van der Waals surface area contributed by atoms with Crippen LogP contribution in [0.4, 0.5) is 0 Å². The first kappa shape index (κ1) is 21.4. The number of ether oxygens (including phenoxy) is 2. The summed E-state index contributed by atoms with van der Waals surface area (Å²) in [6.07, 6.45) is 6.35. The number of amides is 1. The number of likely N-dealkylation sites (tertiary alicyclic amines) is 2. The minimum Gasteiger partial charge on any atom is -0.486 e. The van der Waals surface area contributed by atoms with Crippen molar-refractivity contribution < 1.29 is 14.3 Å². The summed E-state index contributed by atoms with van der Waals surface area (Å²) >= 11 is 0. The molecule has 166 valence electrons. The van der Waals surface area contributed by atoms with Crippen molar-refractivity contribution in [3.05, 3.63) is 23.8 Å². The van der Waals surface area contributed by atoms with E-state index in [0.717, 1.165) is 63.5 Å². The highest BCUT2D eigenvalue weighted by molar-refractivity contribution is 5.76. The van der Waals surface area contributed by atoms with Crippen LogP contribution in [0.5, 0.6) is 11.5 Å². The molecular formula is C24H37N3O3. The molecule has 0 radical (unpaired) electrons. The standard InChI is InChI=1S/C24H37N3O3/c1-25-12-9-21(10-13-25)26(2)24(28)8-6-19-4-3-11-27(17-19)18-20-5-7-22-23(16-20)30-15-14-29-22/h5,7,16,19,21H,3-4,6,8-15,17-18H2,1-2H3. The van der Waals surface area contributed by atoms with Gasteiger partial charge in [-0.2, -0.15) is 0 Å². The van der Waals surface area contributed by atoms with Crippen LogP contribution in [0, 0.1) is 5.92 Å². The smallest absolute Gasteiger partial charge is 0.222 e. The van der Waals surface area contributed by atoms with E-state index in [1.54, 1.807) is 0 Å². The molecule has 4 rings (SSSR count). The number of hydrogen-bond donors (Lipinski definition) is 0. The normalized spacial score (nSPS) is 23.3. The number of hydrogen-bond acceptors (Lipinski definition) is 5. The van der Waals surface area contributed by atoms with Crippen LogP contribution < -0.4 is 9.47 Å². The summed E-state index contributed by atoms with van der Waals surface area (Å²) in [6.45, 7) is 6.61. The summed E-state index contributed by atoms with van der Waals surface area (Å²) < 4.78 is 11.4. The highest BCUT2D eigenvalue weighted by Crippen LogP contribution is 2.32. The zero-order chi connectivity index (χ0) is 20.9. The van der Waals surface area contributed by atoms with Crippen LogP contribution in [0.3, 0.4) is 0 Å². The van der Waals surface area contributed by atoms with Gasteiger partial charge in [0.25, 0.3) is 0 Å². The summed E-state index contributed by atoms with van der Waals surface area (Å²) in [5.74, 6) is 2.67. The third kappa shape index (κ3) is 5.46. The van der Waals surface area contributed by atoms with Crippen LogP contribution in [0.15, 0.2) is 18.2 Å². The van der Waals surface area contributed by atoms with E-state index in [1.165, 1.54) is 18.4 Å². The third-order valence-corrected chi connectivity index (χ3v) is 7.01. The topological polar surface area (TPSA) is 45.2 Å². The minimum atomic E-state index is 0.327. The highest BCUT2D eigenvalue weighted by atomic mass is 16.6. The molecule has 1 atom stereocenters. The molecule has 30 heavy (non-hydrogen) atoms. The van der Waals surface area contributed by atoms with Crippen molar-refractivity contribution >= 4 is 5.91 Å². The molecule has 6 heteroatoms. The minimum absolute atomic E-state index is 0.327. The maximum Gasteiger partial charge on any atom is 0.222 e. The molecular weight excluding hydrogens is 378 g/mol. The van der Waals surface area contributed by atoms with Crippen LogP contribution in [0.2, 0.25) is 0 Å². The molecule has 1 aromatic carbocycles. The van der Waals surface area contributed by atoms with Gasteiger partial charge in [0.15, 0.2) is 11.5 Å². The average molecular weight is 416 g/mol. The van der Waals surface area contributed by atoms with Gasteiger partial charge >= 0.3 is 0 Å². The van der Waals surface area contributed by atoms with Gasteiger partial charge in [-0.05, 0) is 82.4 Å². The number of nitrogens with zero attached hydrogens (tertiary/aromatic N) is 3. The average Bonchev–Trinajstić information content (AvgIpc) is 2.78. The maximum absolute atomic E-state index is 12.7. The predicted octanol–water partition coefficient (Wildman–Crippen LogP) is 3.00. The van der Waals surface area contributed by atoms with Crippen LogP contribution in [0.1, 0.15) is 44.1 Å². The molecule has 1 unspecified atom stereocenters. The van der Waals surface area contributed by atoms with Gasteiger partial charge in [0.05, 0.1) is 0 Å². The van der Waals surface area contributed by atoms with Crippen LogP contribution in [-0.2, 0) is 11.3 Å². The first-order valence-corrected chi connectivity index (χ1v) is 11.6. The zero-order valence-electron chi connectivity index (χ0n) is 18.6. The van der Waals surface area contributed by atoms with Gasteiger partial charge in [0.2, 0.25) is 5.91 Å². The quantitative estimate of drug-likeness (QED) is 0.715. The molecule has 0 spiro atoms. The molecule has 3 aliphatic heterocycles. The van der Waals surface area contributed by atoms with E-state index in [0.29, 0.717) is 37.5 Å². The van der Waals surface area contributed by atoms with Crippen molar-refractivity contribution in [3.8, 4) is 11.5 Å². The Morgan fingerprint density at radius 1 is 1.10 bits per heavy atom. The molecule has 0 aliphatic carbocycles. The first-order chi connectivity index (χ1) is 14.6. The predicted molar refractivity (Wildman–Crippen MR) is 118 cm³/mol. The van der Waals surface area contributed by atoms with Crippen LogP contribution in [0.25, 0.3) is 0 Å². The molecule has 2 saturated heterocycles. The summed E-state index contributed by atoms with van der Waals surface area (Å²) in [6, 6.07) is 6.73. The SMILES string of the molecule is CN1CCC(N(C)C(=O)CCC2CCCN(Cc3ccc4c(c3)OCCO4)C2)CC1.